The minimum atomic E-state index is -0.576. The molecule has 7 heteroatoms. The molecular formula is C21H23ClN2O4. The molecule has 0 heterocycles. The van der Waals surface area contributed by atoms with Gasteiger partial charge in [-0.25, -0.2) is 0 Å². The molecule has 0 spiro atoms. The fourth-order valence-corrected chi connectivity index (χ4v) is 2.90. The lowest BCUT2D eigenvalue weighted by Gasteiger charge is -2.18. The summed E-state index contributed by atoms with van der Waals surface area (Å²) in [5, 5.41) is 6.05. The predicted octanol–water partition coefficient (Wildman–Crippen LogP) is 3.33. The summed E-state index contributed by atoms with van der Waals surface area (Å²) in [6.45, 7) is 2.80. The molecule has 2 atom stereocenters. The van der Waals surface area contributed by atoms with Gasteiger partial charge in [0.2, 0.25) is 5.91 Å². The Morgan fingerprint density at radius 1 is 1.00 bits per heavy atom. The van der Waals surface area contributed by atoms with Gasteiger partial charge in [-0.15, -0.1) is 0 Å². The minimum absolute atomic E-state index is 0.0687. The van der Waals surface area contributed by atoms with E-state index < -0.39 is 24.5 Å². The zero-order valence-corrected chi connectivity index (χ0v) is 16.5. The number of hydrogen-bond donors (Lipinski definition) is 2. The van der Waals surface area contributed by atoms with Crippen molar-refractivity contribution in [1.29, 1.82) is 0 Å². The third kappa shape index (κ3) is 7.04. The van der Waals surface area contributed by atoms with E-state index in [0.29, 0.717) is 5.02 Å². The van der Waals surface area contributed by atoms with E-state index >= 15 is 0 Å². The van der Waals surface area contributed by atoms with Crippen LogP contribution in [0, 0.1) is 0 Å². The van der Waals surface area contributed by atoms with Gasteiger partial charge in [-0.2, -0.15) is 0 Å². The van der Waals surface area contributed by atoms with Crippen LogP contribution in [-0.4, -0.2) is 24.4 Å². The first-order chi connectivity index (χ1) is 13.3. The fraction of sp³-hybridized carbons (Fsp3) is 0.286. The zero-order valence-electron chi connectivity index (χ0n) is 15.8. The smallest absolute Gasteiger partial charge is 0.308 e. The molecule has 6 nitrogen and oxygen atoms in total. The van der Waals surface area contributed by atoms with Crippen LogP contribution in [0.1, 0.15) is 43.5 Å². The lowest BCUT2D eigenvalue weighted by molar-refractivity contribution is -0.149. The Kier molecular flexibility index (Phi) is 8.02. The summed E-state index contributed by atoms with van der Waals surface area (Å²) in [6.07, 6.45) is -0.0687. The first-order valence-corrected chi connectivity index (χ1v) is 9.25. The van der Waals surface area contributed by atoms with Crippen LogP contribution in [0.5, 0.6) is 0 Å². The number of halogens is 1. The Bertz CT molecular complexity index is 826. The van der Waals surface area contributed by atoms with E-state index in [0.717, 1.165) is 11.1 Å². The number of amides is 2. The van der Waals surface area contributed by atoms with E-state index in [1.807, 2.05) is 43.3 Å². The molecule has 2 amide bonds. The molecule has 2 aromatic rings. The number of carbonyl (C=O) groups is 3. The van der Waals surface area contributed by atoms with Crippen molar-refractivity contribution in [2.75, 3.05) is 6.61 Å². The highest BCUT2D eigenvalue weighted by Gasteiger charge is 2.19. The molecule has 148 valence electrons. The second-order valence-corrected chi connectivity index (χ2v) is 6.81. The molecule has 0 aliphatic rings. The number of esters is 1. The maximum atomic E-state index is 12.1. The van der Waals surface area contributed by atoms with Crippen LogP contribution in [0.15, 0.2) is 54.6 Å². The van der Waals surface area contributed by atoms with Crippen LogP contribution in [0.25, 0.3) is 0 Å². The van der Waals surface area contributed by atoms with Crippen LogP contribution in [-0.2, 0) is 19.1 Å². The van der Waals surface area contributed by atoms with Gasteiger partial charge in [0.1, 0.15) is 0 Å². The highest BCUT2D eigenvalue weighted by Crippen LogP contribution is 2.18. The van der Waals surface area contributed by atoms with E-state index in [9.17, 15) is 14.4 Å². The molecule has 0 bridgehead atoms. The molecule has 0 aliphatic carbocycles. The Labute approximate surface area is 169 Å². The Morgan fingerprint density at radius 2 is 1.68 bits per heavy atom. The molecule has 2 aromatic carbocycles. The van der Waals surface area contributed by atoms with Gasteiger partial charge in [-0.3, -0.25) is 14.4 Å². The largest absolute Gasteiger partial charge is 0.456 e. The van der Waals surface area contributed by atoms with Gasteiger partial charge in [0, 0.05) is 11.9 Å². The number of hydrogen-bond acceptors (Lipinski definition) is 4. The van der Waals surface area contributed by atoms with Gasteiger partial charge in [0.05, 0.1) is 18.5 Å². The summed E-state index contributed by atoms with van der Waals surface area (Å²) in [5.74, 6) is -1.25. The van der Waals surface area contributed by atoms with Crippen molar-refractivity contribution in [3.63, 3.8) is 0 Å². The molecule has 2 rings (SSSR count). The highest BCUT2D eigenvalue weighted by atomic mass is 35.5. The van der Waals surface area contributed by atoms with Gasteiger partial charge < -0.3 is 15.4 Å². The van der Waals surface area contributed by atoms with Crippen LogP contribution in [0.2, 0.25) is 5.02 Å². The van der Waals surface area contributed by atoms with Gasteiger partial charge in [-0.05, 0) is 30.2 Å². The second-order valence-electron chi connectivity index (χ2n) is 6.37. The standard InChI is InChI=1S/C21H23ClN2O4/c1-14(17-9-6-10-18(22)11-17)23-20(26)13-28-21(27)12-19(24-15(2)25)16-7-4-3-5-8-16/h3-11,14,19H,12-13H2,1-2H3,(H,23,26)(H,24,25)/t14-,19-/m0/s1. The second kappa shape index (κ2) is 10.5. The van der Waals surface area contributed by atoms with E-state index in [2.05, 4.69) is 10.6 Å². The van der Waals surface area contributed by atoms with E-state index in [1.165, 1.54) is 6.92 Å². The van der Waals surface area contributed by atoms with E-state index in [4.69, 9.17) is 16.3 Å². The summed E-state index contributed by atoms with van der Waals surface area (Å²) in [4.78, 5) is 35.6. The third-order valence-electron chi connectivity index (χ3n) is 4.04. The monoisotopic (exact) mass is 402 g/mol. The van der Waals surface area contributed by atoms with Crippen molar-refractivity contribution in [2.24, 2.45) is 0 Å². The molecule has 2 N–H and O–H groups in total. The van der Waals surface area contributed by atoms with Crippen molar-refractivity contribution in [3.8, 4) is 0 Å². The number of carbonyl (C=O) groups excluding carboxylic acids is 3. The molecule has 0 fully saturated rings. The summed E-state index contributed by atoms with van der Waals surface area (Å²) in [6, 6.07) is 15.5. The first kappa shape index (κ1) is 21.4. The lowest BCUT2D eigenvalue weighted by Crippen LogP contribution is -2.32. The van der Waals surface area contributed by atoms with Crippen LogP contribution in [0.3, 0.4) is 0 Å². The third-order valence-corrected chi connectivity index (χ3v) is 4.28. The average molecular weight is 403 g/mol. The van der Waals surface area contributed by atoms with Gasteiger partial charge in [-0.1, -0.05) is 54.1 Å². The summed E-state index contributed by atoms with van der Waals surface area (Å²) in [7, 11) is 0. The number of nitrogens with one attached hydrogen (secondary N) is 2. The van der Waals surface area contributed by atoms with Crippen molar-refractivity contribution in [2.45, 2.75) is 32.4 Å². The highest BCUT2D eigenvalue weighted by molar-refractivity contribution is 6.30. The van der Waals surface area contributed by atoms with Gasteiger partial charge >= 0.3 is 5.97 Å². The predicted molar refractivity (Wildman–Crippen MR) is 107 cm³/mol. The van der Waals surface area contributed by atoms with E-state index in [-0.39, 0.29) is 18.4 Å². The number of ether oxygens (including phenoxy) is 1. The fourth-order valence-electron chi connectivity index (χ4n) is 2.70. The molecular weight excluding hydrogens is 380 g/mol. The molecule has 0 radical (unpaired) electrons. The normalized spacial score (nSPS) is 12.5. The van der Waals surface area contributed by atoms with Crippen molar-refractivity contribution in [1.82, 2.24) is 10.6 Å². The quantitative estimate of drug-likeness (QED) is 0.663. The molecule has 0 aliphatic heterocycles. The first-order valence-electron chi connectivity index (χ1n) is 8.87. The topological polar surface area (TPSA) is 84.5 Å². The number of benzene rings is 2. The lowest BCUT2D eigenvalue weighted by atomic mass is 10.0. The Morgan fingerprint density at radius 3 is 2.32 bits per heavy atom. The average Bonchev–Trinajstić information content (AvgIpc) is 2.66. The van der Waals surface area contributed by atoms with Crippen LogP contribution < -0.4 is 10.6 Å². The van der Waals surface area contributed by atoms with Crippen LogP contribution >= 0.6 is 11.6 Å². The summed E-state index contributed by atoms with van der Waals surface area (Å²) in [5.41, 5.74) is 1.63. The van der Waals surface area contributed by atoms with Crippen molar-refractivity contribution in [3.05, 3.63) is 70.7 Å². The Hall–Kier alpha value is -2.86. The minimum Gasteiger partial charge on any atom is -0.456 e. The summed E-state index contributed by atoms with van der Waals surface area (Å²) < 4.78 is 5.07. The molecule has 0 saturated carbocycles. The van der Waals surface area contributed by atoms with E-state index in [1.54, 1.807) is 18.2 Å². The van der Waals surface area contributed by atoms with Crippen molar-refractivity contribution < 1.29 is 19.1 Å². The van der Waals surface area contributed by atoms with Crippen LogP contribution in [0.4, 0.5) is 0 Å². The van der Waals surface area contributed by atoms with Crippen molar-refractivity contribution >= 4 is 29.4 Å². The number of rotatable bonds is 8. The molecule has 28 heavy (non-hydrogen) atoms. The maximum absolute atomic E-state index is 12.1. The molecule has 0 saturated heterocycles. The molecule has 0 aromatic heterocycles. The molecule has 0 unspecified atom stereocenters. The summed E-state index contributed by atoms with van der Waals surface area (Å²) >= 11 is 5.95. The maximum Gasteiger partial charge on any atom is 0.308 e. The Balaban J connectivity index is 1.86. The zero-order chi connectivity index (χ0) is 20.5. The van der Waals surface area contributed by atoms with Gasteiger partial charge in [0.25, 0.3) is 5.91 Å². The SMILES string of the molecule is CC(=O)N[C@@H](CC(=O)OCC(=O)N[C@@H](C)c1cccc(Cl)c1)c1ccccc1. The van der Waals surface area contributed by atoms with Gasteiger partial charge in [0.15, 0.2) is 6.61 Å².